The summed E-state index contributed by atoms with van der Waals surface area (Å²) in [6.07, 6.45) is 2.72. The first-order chi connectivity index (χ1) is 11.7. The summed E-state index contributed by atoms with van der Waals surface area (Å²) in [4.78, 5) is 18.0. The number of hydrogen-bond donors (Lipinski definition) is 1. The second kappa shape index (κ2) is 6.37. The van der Waals surface area contributed by atoms with Crippen LogP contribution in [0.15, 0.2) is 40.8 Å². The van der Waals surface area contributed by atoms with Gasteiger partial charge in [0, 0.05) is 0 Å². The molecule has 3 aromatic rings. The van der Waals surface area contributed by atoms with Gasteiger partial charge >= 0.3 is 5.97 Å². The van der Waals surface area contributed by atoms with Crippen LogP contribution in [0, 0.1) is 0 Å². The minimum atomic E-state index is -0.743. The minimum absolute atomic E-state index is 0.408. The van der Waals surface area contributed by atoms with E-state index >= 15 is 0 Å². The van der Waals surface area contributed by atoms with Crippen LogP contribution in [0.2, 0.25) is 0 Å². The summed E-state index contributed by atoms with van der Waals surface area (Å²) in [5, 5.41) is 10.2. The third-order valence-electron chi connectivity index (χ3n) is 4.42. The van der Waals surface area contributed by atoms with Crippen LogP contribution < -0.4 is 0 Å². The van der Waals surface area contributed by atoms with E-state index in [1.807, 2.05) is 41.3 Å². The van der Waals surface area contributed by atoms with Gasteiger partial charge in [0.25, 0.3) is 0 Å². The van der Waals surface area contributed by atoms with E-state index in [9.17, 15) is 9.90 Å². The normalized spacial score (nSPS) is 18.9. The Kier molecular flexibility index (Phi) is 4.08. The van der Waals surface area contributed by atoms with Crippen LogP contribution in [-0.2, 0) is 11.3 Å². The molecule has 2 aromatic heterocycles. The molecule has 3 heterocycles. The van der Waals surface area contributed by atoms with Crippen molar-refractivity contribution in [2.75, 3.05) is 6.54 Å². The second-order valence-electron chi connectivity index (χ2n) is 6.07. The number of rotatable bonds is 4. The van der Waals surface area contributed by atoms with Gasteiger partial charge in [0.15, 0.2) is 10.8 Å². The third-order valence-corrected chi connectivity index (χ3v) is 5.47. The fourth-order valence-electron chi connectivity index (χ4n) is 3.22. The van der Waals surface area contributed by atoms with Gasteiger partial charge in [-0.05, 0) is 43.7 Å². The van der Waals surface area contributed by atoms with E-state index in [4.69, 9.17) is 4.42 Å². The lowest BCUT2D eigenvalue weighted by molar-refractivity contribution is -0.144. The van der Waals surface area contributed by atoms with Crippen LogP contribution in [0.1, 0.15) is 25.0 Å². The summed E-state index contributed by atoms with van der Waals surface area (Å²) >= 11 is 1.60. The number of aromatic nitrogens is 1. The van der Waals surface area contributed by atoms with E-state index in [0.29, 0.717) is 13.0 Å². The molecule has 0 aliphatic carbocycles. The SMILES string of the molecule is O=C(O)C1CCCCN1Cc1ccc(-c2nc3ccccc3s2)o1. The molecule has 5 nitrogen and oxygen atoms in total. The van der Waals surface area contributed by atoms with Crippen molar-refractivity contribution in [1.29, 1.82) is 0 Å². The van der Waals surface area contributed by atoms with Crippen LogP contribution in [0.5, 0.6) is 0 Å². The number of likely N-dealkylation sites (tertiary alicyclic amines) is 1. The average molecular weight is 342 g/mol. The molecule has 0 bridgehead atoms. The van der Waals surface area contributed by atoms with Gasteiger partial charge in [0.05, 0.1) is 16.8 Å². The zero-order chi connectivity index (χ0) is 16.5. The molecule has 4 rings (SSSR count). The maximum Gasteiger partial charge on any atom is 0.320 e. The number of hydrogen-bond acceptors (Lipinski definition) is 5. The van der Waals surface area contributed by atoms with Gasteiger partial charge in [0.1, 0.15) is 11.8 Å². The number of piperidine rings is 1. The molecule has 1 aliphatic rings. The summed E-state index contributed by atoms with van der Waals surface area (Å²) in [5.41, 5.74) is 0.970. The summed E-state index contributed by atoms with van der Waals surface area (Å²) in [7, 11) is 0. The predicted molar refractivity (Wildman–Crippen MR) is 93.0 cm³/mol. The minimum Gasteiger partial charge on any atom is -0.480 e. The lowest BCUT2D eigenvalue weighted by Crippen LogP contribution is -2.43. The highest BCUT2D eigenvalue weighted by Gasteiger charge is 2.29. The zero-order valence-corrected chi connectivity index (χ0v) is 14.0. The number of para-hydroxylation sites is 1. The van der Waals surface area contributed by atoms with Crippen molar-refractivity contribution in [1.82, 2.24) is 9.88 Å². The van der Waals surface area contributed by atoms with Crippen molar-refractivity contribution in [3.05, 3.63) is 42.2 Å². The van der Waals surface area contributed by atoms with Gasteiger partial charge in [-0.3, -0.25) is 9.69 Å². The van der Waals surface area contributed by atoms with Crippen molar-refractivity contribution in [3.8, 4) is 10.8 Å². The number of carbonyl (C=O) groups is 1. The molecule has 0 spiro atoms. The van der Waals surface area contributed by atoms with E-state index < -0.39 is 12.0 Å². The monoisotopic (exact) mass is 342 g/mol. The number of carboxylic acids is 1. The topological polar surface area (TPSA) is 66.6 Å². The zero-order valence-electron chi connectivity index (χ0n) is 13.1. The van der Waals surface area contributed by atoms with Crippen LogP contribution in [-0.4, -0.2) is 33.5 Å². The van der Waals surface area contributed by atoms with Crippen molar-refractivity contribution < 1.29 is 14.3 Å². The summed E-state index contributed by atoms with van der Waals surface area (Å²) in [6, 6.07) is 11.5. The molecule has 0 radical (unpaired) electrons. The summed E-state index contributed by atoms with van der Waals surface area (Å²) in [6.45, 7) is 1.33. The maximum absolute atomic E-state index is 11.4. The average Bonchev–Trinajstić information content (AvgIpc) is 3.21. The molecule has 0 amide bonds. The third kappa shape index (κ3) is 2.95. The molecule has 124 valence electrons. The van der Waals surface area contributed by atoms with Crippen molar-refractivity contribution in [3.63, 3.8) is 0 Å². The number of furan rings is 1. The number of thiazole rings is 1. The summed E-state index contributed by atoms with van der Waals surface area (Å²) < 4.78 is 7.08. The van der Waals surface area contributed by atoms with Crippen molar-refractivity contribution in [2.24, 2.45) is 0 Å². The van der Waals surface area contributed by atoms with E-state index in [0.717, 1.165) is 46.1 Å². The lowest BCUT2D eigenvalue weighted by atomic mass is 10.0. The molecule has 1 N–H and O–H groups in total. The molecule has 24 heavy (non-hydrogen) atoms. The molecule has 1 fully saturated rings. The van der Waals surface area contributed by atoms with Crippen LogP contribution in [0.3, 0.4) is 0 Å². The van der Waals surface area contributed by atoms with Gasteiger partial charge in [-0.15, -0.1) is 11.3 Å². The van der Waals surface area contributed by atoms with Crippen LogP contribution >= 0.6 is 11.3 Å². The highest BCUT2D eigenvalue weighted by Crippen LogP contribution is 2.31. The molecule has 6 heteroatoms. The van der Waals surface area contributed by atoms with Gasteiger partial charge in [-0.25, -0.2) is 4.98 Å². The van der Waals surface area contributed by atoms with Crippen LogP contribution in [0.4, 0.5) is 0 Å². The van der Waals surface area contributed by atoms with E-state index in [1.54, 1.807) is 11.3 Å². The fraction of sp³-hybridized carbons (Fsp3) is 0.333. The quantitative estimate of drug-likeness (QED) is 0.776. The molecular weight excluding hydrogens is 324 g/mol. The van der Waals surface area contributed by atoms with Gasteiger partial charge in [-0.2, -0.15) is 0 Å². The van der Waals surface area contributed by atoms with Gasteiger partial charge in [0.2, 0.25) is 0 Å². The van der Waals surface area contributed by atoms with Crippen molar-refractivity contribution in [2.45, 2.75) is 31.8 Å². The standard InChI is InChI=1S/C18H18N2O3S/c21-18(22)14-6-3-4-10-20(14)11-12-8-9-15(23-12)17-19-13-5-1-2-7-16(13)24-17/h1-2,5,7-9,14H,3-4,6,10-11H2,(H,21,22). The smallest absolute Gasteiger partial charge is 0.320 e. The number of benzene rings is 1. The molecule has 1 atom stereocenters. The molecule has 1 saturated heterocycles. The molecule has 1 unspecified atom stereocenters. The Hall–Kier alpha value is -2.18. The Morgan fingerprint density at radius 2 is 2.17 bits per heavy atom. The Labute approximate surface area is 143 Å². The first-order valence-corrected chi connectivity index (χ1v) is 8.94. The van der Waals surface area contributed by atoms with E-state index in [2.05, 4.69) is 4.98 Å². The maximum atomic E-state index is 11.4. The number of nitrogens with zero attached hydrogens (tertiary/aromatic N) is 2. The fourth-order valence-corrected chi connectivity index (χ4v) is 4.14. The van der Waals surface area contributed by atoms with Crippen LogP contribution in [0.25, 0.3) is 21.0 Å². The van der Waals surface area contributed by atoms with Gasteiger partial charge < -0.3 is 9.52 Å². The summed E-state index contributed by atoms with van der Waals surface area (Å²) in [5.74, 6) is 0.792. The Morgan fingerprint density at radius 1 is 1.29 bits per heavy atom. The largest absolute Gasteiger partial charge is 0.480 e. The van der Waals surface area contributed by atoms with E-state index in [1.165, 1.54) is 0 Å². The van der Waals surface area contributed by atoms with E-state index in [-0.39, 0.29) is 0 Å². The number of carboxylic acid groups (broad SMARTS) is 1. The Balaban J connectivity index is 1.55. The molecular formula is C18H18N2O3S. The van der Waals surface area contributed by atoms with Gasteiger partial charge in [-0.1, -0.05) is 18.6 Å². The first kappa shape index (κ1) is 15.4. The molecule has 1 aliphatic heterocycles. The molecule has 0 saturated carbocycles. The highest BCUT2D eigenvalue weighted by atomic mass is 32.1. The predicted octanol–water partition coefficient (Wildman–Crippen LogP) is 4.00. The number of fused-ring (bicyclic) bond motifs is 1. The molecule has 1 aromatic carbocycles. The number of aliphatic carboxylic acids is 1. The Bertz CT molecular complexity index is 837. The highest BCUT2D eigenvalue weighted by molar-refractivity contribution is 7.21. The second-order valence-corrected chi connectivity index (χ2v) is 7.10. The first-order valence-electron chi connectivity index (χ1n) is 8.12. The Morgan fingerprint density at radius 3 is 3.00 bits per heavy atom. The van der Waals surface area contributed by atoms with Crippen molar-refractivity contribution >= 4 is 27.5 Å². The lowest BCUT2D eigenvalue weighted by Gasteiger charge is -2.31.